The van der Waals surface area contributed by atoms with Gasteiger partial charge in [-0.15, -0.1) is 0 Å². The highest BCUT2D eigenvalue weighted by Crippen LogP contribution is 2.31. The topological polar surface area (TPSA) is 82.5 Å². The number of pyridine rings is 1. The summed E-state index contributed by atoms with van der Waals surface area (Å²) in [6.07, 6.45) is 2.31. The molecular formula is C18H18N4O2. The van der Waals surface area contributed by atoms with Crippen molar-refractivity contribution >= 4 is 17.1 Å². The minimum atomic E-state index is 0.220. The van der Waals surface area contributed by atoms with Gasteiger partial charge in [0.2, 0.25) is 0 Å². The van der Waals surface area contributed by atoms with Crippen LogP contribution in [0.25, 0.3) is 16.9 Å². The highest BCUT2D eigenvalue weighted by molar-refractivity contribution is 5.84. The number of nitrogen functional groups attached to an aromatic ring is 1. The van der Waals surface area contributed by atoms with E-state index in [1.54, 1.807) is 11.6 Å². The number of nitrogens with zero attached hydrogens (tertiary/aromatic N) is 3. The monoisotopic (exact) mass is 322 g/mol. The highest BCUT2D eigenvalue weighted by Gasteiger charge is 2.30. The van der Waals surface area contributed by atoms with Crippen molar-refractivity contribution in [1.29, 1.82) is 0 Å². The van der Waals surface area contributed by atoms with Crippen LogP contribution >= 0.6 is 0 Å². The Labute approximate surface area is 139 Å². The molecular weight excluding hydrogens is 304 g/mol. The first-order valence-electron chi connectivity index (χ1n) is 7.97. The van der Waals surface area contributed by atoms with E-state index in [2.05, 4.69) is 10.1 Å². The number of fused-ring (bicyclic) bond motifs is 1. The molecule has 3 aromatic rings. The lowest BCUT2D eigenvalue weighted by Crippen LogP contribution is -2.06. The van der Waals surface area contributed by atoms with E-state index in [1.165, 1.54) is 0 Å². The number of methoxy groups -OCH3 is 1. The van der Waals surface area contributed by atoms with Gasteiger partial charge in [0.05, 0.1) is 24.9 Å². The summed E-state index contributed by atoms with van der Waals surface area (Å²) in [5, 5.41) is 4.53. The highest BCUT2D eigenvalue weighted by atomic mass is 16.5. The smallest absolute Gasteiger partial charge is 0.159 e. The Hall–Kier alpha value is -2.89. The quantitative estimate of drug-likeness (QED) is 0.730. The van der Waals surface area contributed by atoms with E-state index in [0.717, 1.165) is 29.7 Å². The number of benzene rings is 1. The molecule has 4 rings (SSSR count). The Morgan fingerprint density at radius 3 is 2.92 bits per heavy atom. The molecule has 0 atom stereocenters. The number of carbonyl (C=O) groups excluding carboxylic acids is 1. The molecule has 2 heterocycles. The number of hydrogen-bond donors (Lipinski definition) is 1. The number of carbonyl (C=O) groups is 1. The van der Waals surface area contributed by atoms with Crippen LogP contribution in [-0.4, -0.2) is 27.5 Å². The average molecular weight is 322 g/mol. The third kappa shape index (κ3) is 2.60. The van der Waals surface area contributed by atoms with Gasteiger partial charge in [-0.05, 0) is 37.1 Å². The molecule has 0 amide bonds. The minimum Gasteiger partial charge on any atom is -0.495 e. The fourth-order valence-corrected chi connectivity index (χ4v) is 2.82. The van der Waals surface area contributed by atoms with Crippen LogP contribution in [0, 0.1) is 5.92 Å². The Balaban J connectivity index is 1.75. The molecule has 24 heavy (non-hydrogen) atoms. The van der Waals surface area contributed by atoms with Gasteiger partial charge < -0.3 is 10.5 Å². The second kappa shape index (κ2) is 5.63. The van der Waals surface area contributed by atoms with Crippen LogP contribution in [-0.2, 0) is 11.2 Å². The number of ketones is 1. The normalized spacial score (nSPS) is 14.0. The molecule has 0 aliphatic heterocycles. The summed E-state index contributed by atoms with van der Waals surface area (Å²) in [4.78, 5) is 16.5. The number of aromatic nitrogens is 3. The molecule has 1 aliphatic carbocycles. The first-order valence-corrected chi connectivity index (χ1v) is 7.97. The Bertz CT molecular complexity index is 928. The summed E-state index contributed by atoms with van der Waals surface area (Å²) in [5.41, 5.74) is 9.00. The van der Waals surface area contributed by atoms with Crippen molar-refractivity contribution in [1.82, 2.24) is 14.6 Å². The number of rotatable bonds is 5. The lowest BCUT2D eigenvalue weighted by atomic mass is 10.1. The number of hydrogen-bond acceptors (Lipinski definition) is 5. The van der Waals surface area contributed by atoms with Crippen LogP contribution in [0.3, 0.4) is 0 Å². The molecule has 2 aromatic heterocycles. The van der Waals surface area contributed by atoms with Gasteiger partial charge in [-0.2, -0.15) is 5.10 Å². The van der Waals surface area contributed by atoms with Crippen molar-refractivity contribution in [2.24, 2.45) is 5.92 Å². The molecule has 0 bridgehead atoms. The van der Waals surface area contributed by atoms with Crippen molar-refractivity contribution in [2.45, 2.75) is 19.3 Å². The van der Waals surface area contributed by atoms with Crippen molar-refractivity contribution in [3.8, 4) is 17.0 Å². The molecule has 2 N–H and O–H groups in total. The molecule has 0 saturated heterocycles. The Morgan fingerprint density at radius 1 is 1.33 bits per heavy atom. The maximum Gasteiger partial charge on any atom is 0.159 e. The fraction of sp³-hybridized carbons (Fsp3) is 0.278. The number of Topliss-reactive ketones (excluding diaryl/α,β-unsaturated/α-hetero) is 1. The van der Waals surface area contributed by atoms with Crippen molar-refractivity contribution in [3.05, 3.63) is 42.2 Å². The summed E-state index contributed by atoms with van der Waals surface area (Å²) >= 11 is 0. The molecule has 122 valence electrons. The summed E-state index contributed by atoms with van der Waals surface area (Å²) in [6, 6.07) is 11.4. The molecule has 0 spiro atoms. The Kier molecular flexibility index (Phi) is 3.45. The zero-order chi connectivity index (χ0) is 16.7. The molecule has 1 fully saturated rings. The summed E-state index contributed by atoms with van der Waals surface area (Å²) in [5.74, 6) is 1.65. The standard InChI is InChI=1S/C18H18N4O2/c1-24-16-9-12(7-8-13(16)19)14-3-2-4-18-20-17(21-22(14)18)10-15(23)11-5-6-11/h2-4,7-9,11H,5-6,10,19H2,1H3. The number of nitrogens with two attached hydrogens (primary N) is 1. The minimum absolute atomic E-state index is 0.220. The summed E-state index contributed by atoms with van der Waals surface area (Å²) in [6.45, 7) is 0. The zero-order valence-electron chi connectivity index (χ0n) is 13.4. The largest absolute Gasteiger partial charge is 0.495 e. The second-order valence-corrected chi connectivity index (χ2v) is 6.08. The average Bonchev–Trinajstić information content (AvgIpc) is 3.35. The summed E-state index contributed by atoms with van der Waals surface area (Å²) < 4.78 is 7.06. The molecule has 1 aliphatic rings. The van der Waals surface area contributed by atoms with Crippen molar-refractivity contribution in [3.63, 3.8) is 0 Å². The van der Waals surface area contributed by atoms with Crippen molar-refractivity contribution < 1.29 is 9.53 Å². The third-order valence-electron chi connectivity index (χ3n) is 4.30. The van der Waals surface area contributed by atoms with Gasteiger partial charge in [-0.25, -0.2) is 9.50 Å². The van der Waals surface area contributed by atoms with E-state index >= 15 is 0 Å². The first kappa shape index (κ1) is 14.7. The van der Waals surface area contributed by atoms with Crippen LogP contribution in [0.5, 0.6) is 5.75 Å². The summed E-state index contributed by atoms with van der Waals surface area (Å²) in [7, 11) is 1.59. The van der Waals surface area contributed by atoms with E-state index in [0.29, 0.717) is 23.7 Å². The van der Waals surface area contributed by atoms with Gasteiger partial charge in [-0.1, -0.05) is 12.1 Å². The van der Waals surface area contributed by atoms with E-state index in [-0.39, 0.29) is 11.7 Å². The van der Waals surface area contributed by atoms with E-state index in [4.69, 9.17) is 10.5 Å². The van der Waals surface area contributed by atoms with E-state index in [9.17, 15) is 4.79 Å². The van der Waals surface area contributed by atoms with Gasteiger partial charge >= 0.3 is 0 Å². The molecule has 1 aromatic carbocycles. The Morgan fingerprint density at radius 2 is 2.17 bits per heavy atom. The maximum absolute atomic E-state index is 12.0. The molecule has 0 radical (unpaired) electrons. The zero-order valence-corrected chi connectivity index (χ0v) is 13.4. The second-order valence-electron chi connectivity index (χ2n) is 6.08. The van der Waals surface area contributed by atoms with Gasteiger partial charge in [0, 0.05) is 11.5 Å². The van der Waals surface area contributed by atoms with Crippen molar-refractivity contribution in [2.75, 3.05) is 12.8 Å². The van der Waals surface area contributed by atoms with E-state index < -0.39 is 0 Å². The molecule has 1 saturated carbocycles. The van der Waals surface area contributed by atoms with Crippen LogP contribution in [0.15, 0.2) is 36.4 Å². The predicted octanol–water partition coefficient (Wildman–Crippen LogP) is 2.51. The van der Waals surface area contributed by atoms with Crippen LogP contribution in [0.1, 0.15) is 18.7 Å². The third-order valence-corrected chi connectivity index (χ3v) is 4.30. The molecule has 6 nitrogen and oxygen atoms in total. The lowest BCUT2D eigenvalue weighted by molar-refractivity contribution is -0.119. The van der Waals surface area contributed by atoms with Crippen LogP contribution < -0.4 is 10.5 Å². The number of ether oxygens (including phenoxy) is 1. The van der Waals surface area contributed by atoms with Gasteiger partial charge in [0.15, 0.2) is 11.5 Å². The predicted molar refractivity (Wildman–Crippen MR) is 90.8 cm³/mol. The lowest BCUT2D eigenvalue weighted by Gasteiger charge is -2.08. The first-order chi connectivity index (χ1) is 11.7. The van der Waals surface area contributed by atoms with Gasteiger partial charge in [0.25, 0.3) is 0 Å². The van der Waals surface area contributed by atoms with Gasteiger partial charge in [-0.3, -0.25) is 4.79 Å². The van der Waals surface area contributed by atoms with Crippen LogP contribution in [0.4, 0.5) is 5.69 Å². The SMILES string of the molecule is COc1cc(-c2cccc3nc(CC(=O)C4CC4)nn23)ccc1N. The maximum atomic E-state index is 12.0. The van der Waals surface area contributed by atoms with Gasteiger partial charge in [0.1, 0.15) is 11.5 Å². The van der Waals surface area contributed by atoms with E-state index in [1.807, 2.05) is 36.4 Å². The van der Waals surface area contributed by atoms with Crippen LogP contribution in [0.2, 0.25) is 0 Å². The molecule has 6 heteroatoms. The molecule has 0 unspecified atom stereocenters. The number of anilines is 1. The fourth-order valence-electron chi connectivity index (χ4n) is 2.82.